The van der Waals surface area contributed by atoms with E-state index in [1.54, 1.807) is 10.7 Å². The van der Waals surface area contributed by atoms with E-state index in [2.05, 4.69) is 15.6 Å². The second-order valence-corrected chi connectivity index (χ2v) is 5.41. The second kappa shape index (κ2) is 8.82. The van der Waals surface area contributed by atoms with Crippen LogP contribution in [0.15, 0.2) is 47.1 Å². The molecule has 3 rings (SSSR count). The number of hydrogen-bond acceptors (Lipinski definition) is 4. The van der Waals surface area contributed by atoms with Crippen LogP contribution in [-0.2, 0) is 17.8 Å². The van der Waals surface area contributed by atoms with Crippen LogP contribution in [0, 0.1) is 13.8 Å². The van der Waals surface area contributed by atoms with Gasteiger partial charge in [-0.2, -0.15) is 5.10 Å². The van der Waals surface area contributed by atoms with Gasteiger partial charge in [0.05, 0.1) is 18.7 Å². The molecular weight excluding hydrogens is 316 g/mol. The molecule has 0 saturated heterocycles. The largest absolute Gasteiger partial charge is 0.361 e. The minimum absolute atomic E-state index is 0.0845. The normalized spacial score (nSPS) is 10.1. The van der Waals surface area contributed by atoms with Crippen LogP contribution in [0.5, 0.6) is 0 Å². The molecule has 0 aliphatic heterocycles. The molecule has 2 heterocycles. The average Bonchev–Trinajstić information content (AvgIpc) is 3.19. The van der Waals surface area contributed by atoms with E-state index in [1.807, 2.05) is 64.2 Å². The predicted octanol–water partition coefficient (Wildman–Crippen LogP) is 3.74. The second-order valence-electron chi connectivity index (χ2n) is 5.41. The fourth-order valence-corrected chi connectivity index (χ4v) is 2.37. The first-order chi connectivity index (χ1) is 12.1. The maximum Gasteiger partial charge on any atom is 0.229 e. The van der Waals surface area contributed by atoms with Crippen molar-refractivity contribution in [2.45, 2.75) is 40.7 Å². The summed E-state index contributed by atoms with van der Waals surface area (Å²) < 4.78 is 6.90. The van der Waals surface area contributed by atoms with Gasteiger partial charge in [0.2, 0.25) is 5.91 Å². The Labute approximate surface area is 147 Å². The maximum atomic E-state index is 12.0. The molecule has 0 fully saturated rings. The van der Waals surface area contributed by atoms with E-state index in [0.717, 1.165) is 22.6 Å². The SMILES string of the molecule is CC.Cc1noc(C)c1Cn1ccc(NC(=O)Cc2ccccc2)n1. The van der Waals surface area contributed by atoms with Gasteiger partial charge in [0, 0.05) is 17.8 Å². The van der Waals surface area contributed by atoms with Crippen LogP contribution >= 0.6 is 0 Å². The Morgan fingerprint density at radius 3 is 2.52 bits per heavy atom. The quantitative estimate of drug-likeness (QED) is 0.768. The molecule has 6 heteroatoms. The van der Waals surface area contributed by atoms with Gasteiger partial charge >= 0.3 is 0 Å². The van der Waals surface area contributed by atoms with E-state index in [0.29, 0.717) is 18.8 Å². The highest BCUT2D eigenvalue weighted by molar-refractivity contribution is 5.91. The zero-order valence-electron chi connectivity index (χ0n) is 15.1. The number of anilines is 1. The van der Waals surface area contributed by atoms with Crippen LogP contribution in [0.2, 0.25) is 0 Å². The zero-order chi connectivity index (χ0) is 18.2. The number of aromatic nitrogens is 3. The van der Waals surface area contributed by atoms with Gasteiger partial charge in [-0.05, 0) is 19.4 Å². The van der Waals surface area contributed by atoms with Crippen molar-refractivity contribution in [3.05, 3.63) is 65.2 Å². The molecule has 0 aliphatic rings. The van der Waals surface area contributed by atoms with Gasteiger partial charge in [0.25, 0.3) is 0 Å². The summed E-state index contributed by atoms with van der Waals surface area (Å²) in [7, 11) is 0. The van der Waals surface area contributed by atoms with Crippen molar-refractivity contribution in [1.82, 2.24) is 14.9 Å². The van der Waals surface area contributed by atoms with Gasteiger partial charge < -0.3 is 9.84 Å². The van der Waals surface area contributed by atoms with E-state index in [4.69, 9.17) is 4.52 Å². The third-order valence-electron chi connectivity index (χ3n) is 3.62. The summed E-state index contributed by atoms with van der Waals surface area (Å²) in [4.78, 5) is 12.0. The molecule has 0 saturated carbocycles. The van der Waals surface area contributed by atoms with Gasteiger partial charge in [-0.3, -0.25) is 9.48 Å². The van der Waals surface area contributed by atoms with E-state index < -0.39 is 0 Å². The maximum absolute atomic E-state index is 12.0. The number of amides is 1. The molecule has 0 bridgehead atoms. The molecule has 0 spiro atoms. The first-order valence-electron chi connectivity index (χ1n) is 8.41. The van der Waals surface area contributed by atoms with Crippen LogP contribution in [0.4, 0.5) is 5.82 Å². The summed E-state index contributed by atoms with van der Waals surface area (Å²) in [5.74, 6) is 1.24. The van der Waals surface area contributed by atoms with Crippen LogP contribution < -0.4 is 5.32 Å². The van der Waals surface area contributed by atoms with E-state index >= 15 is 0 Å². The van der Waals surface area contributed by atoms with Crippen molar-refractivity contribution in [1.29, 1.82) is 0 Å². The van der Waals surface area contributed by atoms with Gasteiger partial charge in [-0.25, -0.2) is 0 Å². The van der Waals surface area contributed by atoms with Crippen molar-refractivity contribution < 1.29 is 9.32 Å². The fraction of sp³-hybridized carbons (Fsp3) is 0.316. The lowest BCUT2D eigenvalue weighted by atomic mass is 10.1. The number of nitrogens with zero attached hydrogens (tertiary/aromatic N) is 3. The Morgan fingerprint density at radius 1 is 1.16 bits per heavy atom. The number of rotatable bonds is 5. The molecule has 0 aliphatic carbocycles. The molecule has 0 unspecified atom stereocenters. The Kier molecular flexibility index (Phi) is 6.51. The van der Waals surface area contributed by atoms with Crippen molar-refractivity contribution in [3.8, 4) is 0 Å². The Balaban J connectivity index is 0.00000109. The average molecular weight is 340 g/mol. The van der Waals surface area contributed by atoms with Gasteiger partial charge in [0.1, 0.15) is 5.76 Å². The van der Waals surface area contributed by atoms with Crippen molar-refractivity contribution in [2.24, 2.45) is 0 Å². The van der Waals surface area contributed by atoms with Crippen LogP contribution in [0.25, 0.3) is 0 Å². The molecule has 3 aromatic rings. The van der Waals surface area contributed by atoms with Crippen LogP contribution in [0.3, 0.4) is 0 Å². The molecule has 0 atom stereocenters. The molecule has 25 heavy (non-hydrogen) atoms. The topological polar surface area (TPSA) is 73.0 Å². The molecule has 1 aromatic carbocycles. The molecule has 1 amide bonds. The highest BCUT2D eigenvalue weighted by Crippen LogP contribution is 2.14. The highest BCUT2D eigenvalue weighted by atomic mass is 16.5. The molecule has 0 radical (unpaired) electrons. The van der Waals surface area contributed by atoms with Crippen LogP contribution in [0.1, 0.15) is 36.4 Å². The van der Waals surface area contributed by atoms with Gasteiger partial charge in [-0.1, -0.05) is 49.3 Å². The highest BCUT2D eigenvalue weighted by Gasteiger charge is 2.11. The van der Waals surface area contributed by atoms with Crippen molar-refractivity contribution in [3.63, 3.8) is 0 Å². The minimum Gasteiger partial charge on any atom is -0.361 e. The monoisotopic (exact) mass is 340 g/mol. The summed E-state index contributed by atoms with van der Waals surface area (Å²) in [5.41, 5.74) is 2.84. The van der Waals surface area contributed by atoms with Gasteiger partial charge in [-0.15, -0.1) is 0 Å². The number of benzene rings is 1. The molecule has 1 N–H and O–H groups in total. The minimum atomic E-state index is -0.0845. The third kappa shape index (κ3) is 5.04. The Hall–Kier alpha value is -2.89. The summed E-state index contributed by atoms with van der Waals surface area (Å²) in [5, 5.41) is 11.1. The smallest absolute Gasteiger partial charge is 0.229 e. The molecule has 132 valence electrons. The van der Waals surface area contributed by atoms with Gasteiger partial charge in [0.15, 0.2) is 5.82 Å². The summed E-state index contributed by atoms with van der Waals surface area (Å²) in [6, 6.07) is 11.4. The Morgan fingerprint density at radius 2 is 1.88 bits per heavy atom. The van der Waals surface area contributed by atoms with Crippen molar-refractivity contribution >= 4 is 11.7 Å². The van der Waals surface area contributed by atoms with Crippen molar-refractivity contribution in [2.75, 3.05) is 5.32 Å². The number of nitrogens with one attached hydrogen (secondary N) is 1. The van der Waals surface area contributed by atoms with E-state index in [9.17, 15) is 4.79 Å². The lowest BCUT2D eigenvalue weighted by Crippen LogP contribution is -2.15. The summed E-state index contributed by atoms with van der Waals surface area (Å²) in [6.45, 7) is 8.34. The molecule has 6 nitrogen and oxygen atoms in total. The number of carbonyl (C=O) groups is 1. The number of carbonyl (C=O) groups excluding carboxylic acids is 1. The molecular formula is C19H24N4O2. The fourth-order valence-electron chi connectivity index (χ4n) is 2.37. The lowest BCUT2D eigenvalue weighted by molar-refractivity contribution is -0.115. The lowest BCUT2D eigenvalue weighted by Gasteiger charge is -2.03. The molecule has 2 aromatic heterocycles. The third-order valence-corrected chi connectivity index (χ3v) is 3.62. The van der Waals surface area contributed by atoms with E-state index in [1.165, 1.54) is 0 Å². The number of aryl methyl sites for hydroxylation is 2. The van der Waals surface area contributed by atoms with Crippen LogP contribution in [-0.4, -0.2) is 20.8 Å². The summed E-state index contributed by atoms with van der Waals surface area (Å²) >= 11 is 0. The zero-order valence-corrected chi connectivity index (χ0v) is 15.1. The predicted molar refractivity (Wildman–Crippen MR) is 97.4 cm³/mol. The summed E-state index contributed by atoms with van der Waals surface area (Å²) in [6.07, 6.45) is 2.15. The van der Waals surface area contributed by atoms with E-state index in [-0.39, 0.29) is 5.91 Å². The number of hydrogen-bond donors (Lipinski definition) is 1. The standard InChI is InChI=1S/C17H18N4O2.C2H6/c1-12-15(13(2)23-20-12)11-21-9-8-16(19-21)18-17(22)10-14-6-4-3-5-7-14;1-2/h3-9H,10-11H2,1-2H3,(H,18,19,22);1-2H3. The first kappa shape index (κ1) is 18.4. The first-order valence-corrected chi connectivity index (χ1v) is 8.41. The Bertz CT molecular complexity index is 786.